The van der Waals surface area contributed by atoms with Crippen LogP contribution in [0, 0.1) is 12.8 Å². The third-order valence-electron chi connectivity index (χ3n) is 5.88. The highest BCUT2D eigenvalue weighted by Gasteiger charge is 2.27. The monoisotopic (exact) mass is 523 g/mol. The van der Waals surface area contributed by atoms with Crippen LogP contribution in [-0.4, -0.2) is 60.0 Å². The lowest BCUT2D eigenvalue weighted by Gasteiger charge is -2.23. The summed E-state index contributed by atoms with van der Waals surface area (Å²) in [6.07, 6.45) is 5.70. The van der Waals surface area contributed by atoms with Crippen molar-refractivity contribution in [2.45, 2.75) is 39.7 Å². The smallest absolute Gasteiger partial charge is 0.226 e. The second-order valence-corrected chi connectivity index (χ2v) is 8.29. The molecule has 0 amide bonds. The normalized spacial score (nSPS) is 19.9. The van der Waals surface area contributed by atoms with Gasteiger partial charge in [-0.05, 0) is 64.3 Å². The van der Waals surface area contributed by atoms with E-state index in [1.165, 1.54) is 44.5 Å². The average molecular weight is 523 g/mol. The molecule has 2 aliphatic rings. The molecule has 0 spiro atoms. The number of oxazole rings is 1. The van der Waals surface area contributed by atoms with E-state index in [0.717, 1.165) is 42.8 Å². The quantitative estimate of drug-likeness (QED) is 0.350. The maximum atomic E-state index is 5.68. The van der Waals surface area contributed by atoms with Crippen LogP contribution in [0.2, 0.25) is 0 Å². The molecular weight excluding hydrogens is 489 g/mol. The van der Waals surface area contributed by atoms with Crippen molar-refractivity contribution in [3.8, 4) is 11.5 Å². The highest BCUT2D eigenvalue weighted by atomic mass is 127. The fourth-order valence-electron chi connectivity index (χ4n) is 4.29. The first-order valence-electron chi connectivity index (χ1n) is 11.0. The number of rotatable bonds is 6. The number of guanidine groups is 1. The summed E-state index contributed by atoms with van der Waals surface area (Å²) in [7, 11) is 0. The van der Waals surface area contributed by atoms with Gasteiger partial charge in [0, 0.05) is 31.7 Å². The molecule has 2 saturated heterocycles. The third kappa shape index (κ3) is 5.97. The Morgan fingerprint density at radius 3 is 2.70 bits per heavy atom. The zero-order chi connectivity index (χ0) is 20.1. The maximum Gasteiger partial charge on any atom is 0.226 e. The second-order valence-electron chi connectivity index (χ2n) is 8.29. The zero-order valence-corrected chi connectivity index (χ0v) is 20.5. The first-order valence-corrected chi connectivity index (χ1v) is 11.0. The van der Waals surface area contributed by atoms with Gasteiger partial charge in [-0.1, -0.05) is 17.7 Å². The van der Waals surface area contributed by atoms with Crippen LogP contribution in [0.4, 0.5) is 0 Å². The number of aliphatic imine (C=N–C) groups is 1. The van der Waals surface area contributed by atoms with Gasteiger partial charge in [0.05, 0.1) is 6.54 Å². The van der Waals surface area contributed by atoms with Gasteiger partial charge in [-0.25, -0.2) is 9.98 Å². The minimum atomic E-state index is 0. The summed E-state index contributed by atoms with van der Waals surface area (Å²) >= 11 is 0. The van der Waals surface area contributed by atoms with Crippen molar-refractivity contribution < 1.29 is 4.42 Å². The molecule has 0 bridgehead atoms. The number of nitrogens with one attached hydrogen (secondary N) is 1. The molecule has 3 heterocycles. The zero-order valence-electron chi connectivity index (χ0n) is 18.1. The number of aromatic nitrogens is 1. The van der Waals surface area contributed by atoms with Gasteiger partial charge in [0.2, 0.25) is 5.89 Å². The molecule has 2 fully saturated rings. The summed E-state index contributed by atoms with van der Waals surface area (Å²) < 4.78 is 5.68. The van der Waals surface area contributed by atoms with Crippen LogP contribution >= 0.6 is 24.0 Å². The largest absolute Gasteiger partial charge is 0.444 e. The van der Waals surface area contributed by atoms with Gasteiger partial charge in [-0.2, -0.15) is 0 Å². The summed E-state index contributed by atoms with van der Waals surface area (Å²) in [5.41, 5.74) is 3.10. The molecule has 1 atom stereocenters. The molecule has 164 valence electrons. The molecule has 0 aliphatic carbocycles. The topological polar surface area (TPSA) is 56.9 Å². The maximum absolute atomic E-state index is 5.68. The standard InChI is InChI=1S/C23H33N5O.HI/c1-3-24-23(28-13-10-19(16-28)15-27-11-4-5-12-27)25-14-21-17-29-22(26-21)20-8-6-18(2)7-9-20;/h6-9,17,19H,3-5,10-16H2,1-2H3,(H,24,25);1H. The first-order chi connectivity index (χ1) is 14.2. The molecule has 1 N–H and O–H groups in total. The van der Waals surface area contributed by atoms with E-state index in [9.17, 15) is 0 Å². The molecule has 2 aliphatic heterocycles. The molecule has 7 heteroatoms. The minimum absolute atomic E-state index is 0. The van der Waals surface area contributed by atoms with Crippen molar-refractivity contribution in [2.75, 3.05) is 39.3 Å². The van der Waals surface area contributed by atoms with Gasteiger partial charge in [0.15, 0.2) is 5.96 Å². The Kier molecular flexibility index (Phi) is 8.56. The molecule has 2 aromatic rings. The van der Waals surface area contributed by atoms with Crippen molar-refractivity contribution in [1.29, 1.82) is 0 Å². The van der Waals surface area contributed by atoms with E-state index in [0.29, 0.717) is 12.4 Å². The van der Waals surface area contributed by atoms with E-state index in [4.69, 9.17) is 9.41 Å². The van der Waals surface area contributed by atoms with Crippen molar-refractivity contribution in [1.82, 2.24) is 20.1 Å². The third-order valence-corrected chi connectivity index (χ3v) is 5.88. The fourth-order valence-corrected chi connectivity index (χ4v) is 4.29. The Morgan fingerprint density at radius 2 is 1.97 bits per heavy atom. The van der Waals surface area contributed by atoms with Crippen LogP contribution in [0.1, 0.15) is 37.4 Å². The van der Waals surface area contributed by atoms with Crippen LogP contribution in [-0.2, 0) is 6.54 Å². The molecule has 1 aromatic heterocycles. The summed E-state index contributed by atoms with van der Waals surface area (Å²) in [5, 5.41) is 3.46. The van der Waals surface area contributed by atoms with Crippen molar-refractivity contribution in [2.24, 2.45) is 10.9 Å². The van der Waals surface area contributed by atoms with Crippen LogP contribution in [0.25, 0.3) is 11.5 Å². The lowest BCUT2D eigenvalue weighted by molar-refractivity contribution is 0.281. The van der Waals surface area contributed by atoms with E-state index < -0.39 is 0 Å². The van der Waals surface area contributed by atoms with Gasteiger partial charge < -0.3 is 19.5 Å². The number of hydrogen-bond donors (Lipinski definition) is 1. The number of aryl methyl sites for hydroxylation is 1. The average Bonchev–Trinajstić information content (AvgIpc) is 3.48. The van der Waals surface area contributed by atoms with Crippen molar-refractivity contribution in [3.63, 3.8) is 0 Å². The Balaban J connectivity index is 0.00000256. The fraction of sp³-hybridized carbons (Fsp3) is 0.565. The number of likely N-dealkylation sites (tertiary alicyclic amines) is 2. The molecule has 4 rings (SSSR count). The number of hydrogen-bond acceptors (Lipinski definition) is 4. The predicted molar refractivity (Wildman–Crippen MR) is 132 cm³/mol. The van der Waals surface area contributed by atoms with Crippen molar-refractivity contribution in [3.05, 3.63) is 41.8 Å². The summed E-state index contributed by atoms with van der Waals surface area (Å²) in [4.78, 5) is 14.5. The van der Waals surface area contributed by atoms with E-state index in [1.54, 1.807) is 6.26 Å². The van der Waals surface area contributed by atoms with Gasteiger partial charge in [0.1, 0.15) is 12.0 Å². The number of halogens is 1. The van der Waals surface area contributed by atoms with E-state index in [-0.39, 0.29) is 24.0 Å². The molecule has 0 saturated carbocycles. The van der Waals surface area contributed by atoms with E-state index in [2.05, 4.69) is 46.1 Å². The lowest BCUT2D eigenvalue weighted by Crippen LogP contribution is -2.40. The Bertz CT molecular complexity index is 813. The Morgan fingerprint density at radius 1 is 1.20 bits per heavy atom. The summed E-state index contributed by atoms with van der Waals surface area (Å²) in [5.74, 6) is 2.40. The van der Waals surface area contributed by atoms with Crippen LogP contribution in [0.5, 0.6) is 0 Å². The molecule has 6 nitrogen and oxygen atoms in total. The van der Waals surface area contributed by atoms with Gasteiger partial charge in [0.25, 0.3) is 0 Å². The highest BCUT2D eigenvalue weighted by molar-refractivity contribution is 14.0. The highest BCUT2D eigenvalue weighted by Crippen LogP contribution is 2.21. The van der Waals surface area contributed by atoms with Gasteiger partial charge >= 0.3 is 0 Å². The minimum Gasteiger partial charge on any atom is -0.444 e. The van der Waals surface area contributed by atoms with E-state index in [1.807, 2.05) is 12.1 Å². The molecule has 1 unspecified atom stereocenters. The molecular formula is C23H34IN5O. The molecule has 1 aromatic carbocycles. The predicted octanol–water partition coefficient (Wildman–Crippen LogP) is 4.15. The SMILES string of the molecule is CCNC(=NCc1coc(-c2ccc(C)cc2)n1)N1CCC(CN2CCCC2)C1.I. The van der Waals surface area contributed by atoms with Crippen molar-refractivity contribution >= 4 is 29.9 Å². The lowest BCUT2D eigenvalue weighted by atomic mass is 10.1. The molecule has 0 radical (unpaired) electrons. The Hall–Kier alpha value is -1.61. The van der Waals surface area contributed by atoms with Crippen LogP contribution < -0.4 is 5.32 Å². The summed E-state index contributed by atoms with van der Waals surface area (Å²) in [6, 6.07) is 8.24. The van der Waals surface area contributed by atoms with Crippen LogP contribution in [0.3, 0.4) is 0 Å². The first kappa shape index (κ1) is 23.1. The van der Waals surface area contributed by atoms with Gasteiger partial charge in [-0.3, -0.25) is 0 Å². The van der Waals surface area contributed by atoms with Crippen LogP contribution in [0.15, 0.2) is 39.9 Å². The summed E-state index contributed by atoms with van der Waals surface area (Å²) in [6.45, 7) is 11.6. The second kappa shape index (κ2) is 11.1. The molecule has 30 heavy (non-hydrogen) atoms. The van der Waals surface area contributed by atoms with Gasteiger partial charge in [-0.15, -0.1) is 24.0 Å². The number of benzene rings is 1. The Labute approximate surface area is 197 Å². The van der Waals surface area contributed by atoms with E-state index >= 15 is 0 Å². The number of nitrogens with zero attached hydrogens (tertiary/aromatic N) is 4.